The molecule has 0 saturated carbocycles. The highest BCUT2D eigenvalue weighted by Gasteiger charge is 2.13. The molecule has 0 fully saturated rings. The number of hydrogen-bond acceptors (Lipinski definition) is 2. The second-order valence-corrected chi connectivity index (χ2v) is 6.63. The fraction of sp³-hybridized carbons (Fsp3) is 0.130. The van der Waals surface area contributed by atoms with Crippen molar-refractivity contribution in [2.45, 2.75) is 20.8 Å². The third-order valence-electron chi connectivity index (χ3n) is 4.33. The van der Waals surface area contributed by atoms with Gasteiger partial charge in [0, 0.05) is 22.5 Å². The van der Waals surface area contributed by atoms with Crippen LogP contribution in [0.5, 0.6) is 0 Å². The zero-order chi connectivity index (χ0) is 19.4. The number of carbonyl (C=O) groups is 2. The Balaban J connectivity index is 1.79. The Bertz CT molecular complexity index is 971. The lowest BCUT2D eigenvalue weighted by molar-refractivity contribution is 0.102. The molecule has 0 aromatic heterocycles. The third kappa shape index (κ3) is 4.42. The van der Waals surface area contributed by atoms with Gasteiger partial charge >= 0.3 is 0 Å². The van der Waals surface area contributed by atoms with Crippen molar-refractivity contribution in [1.82, 2.24) is 0 Å². The van der Waals surface area contributed by atoms with Crippen molar-refractivity contribution in [2.24, 2.45) is 0 Å². The molecule has 0 radical (unpaired) electrons. The minimum absolute atomic E-state index is 0.237. The number of amides is 2. The van der Waals surface area contributed by atoms with Gasteiger partial charge in [0.25, 0.3) is 11.8 Å². The Morgan fingerprint density at radius 1 is 0.667 bits per heavy atom. The number of rotatable bonds is 4. The molecule has 0 aliphatic carbocycles. The summed E-state index contributed by atoms with van der Waals surface area (Å²) in [5.41, 5.74) is 5.58. The molecule has 136 valence electrons. The predicted octanol–water partition coefficient (Wildman–Crippen LogP) is 5.12. The van der Waals surface area contributed by atoms with Crippen LogP contribution in [0.2, 0.25) is 0 Å². The number of hydrogen-bond donors (Lipinski definition) is 2. The number of aryl methyl sites for hydroxylation is 3. The van der Waals surface area contributed by atoms with Gasteiger partial charge in [-0.15, -0.1) is 0 Å². The van der Waals surface area contributed by atoms with Gasteiger partial charge in [0.05, 0.1) is 0 Å². The van der Waals surface area contributed by atoms with E-state index in [0.29, 0.717) is 16.8 Å². The Labute approximate surface area is 159 Å². The van der Waals surface area contributed by atoms with Crippen LogP contribution in [0.1, 0.15) is 37.4 Å². The van der Waals surface area contributed by atoms with E-state index >= 15 is 0 Å². The van der Waals surface area contributed by atoms with Crippen molar-refractivity contribution in [2.75, 3.05) is 10.6 Å². The SMILES string of the molecule is Cc1cc(C)c(NC(=O)c2cccc(C(=O)Nc3ccccc3)c2)c(C)c1. The molecular weight excluding hydrogens is 336 g/mol. The second kappa shape index (κ2) is 7.87. The van der Waals surface area contributed by atoms with Crippen molar-refractivity contribution < 1.29 is 9.59 Å². The van der Waals surface area contributed by atoms with E-state index in [0.717, 1.165) is 22.4 Å². The lowest BCUT2D eigenvalue weighted by Gasteiger charge is -2.13. The zero-order valence-corrected chi connectivity index (χ0v) is 15.7. The molecule has 2 N–H and O–H groups in total. The van der Waals surface area contributed by atoms with Crippen molar-refractivity contribution in [1.29, 1.82) is 0 Å². The van der Waals surface area contributed by atoms with Gasteiger partial charge in [-0.1, -0.05) is 42.0 Å². The van der Waals surface area contributed by atoms with Crippen LogP contribution in [0, 0.1) is 20.8 Å². The average molecular weight is 358 g/mol. The number of anilines is 2. The van der Waals surface area contributed by atoms with Crippen molar-refractivity contribution in [3.63, 3.8) is 0 Å². The quantitative estimate of drug-likeness (QED) is 0.680. The fourth-order valence-electron chi connectivity index (χ4n) is 3.09. The van der Waals surface area contributed by atoms with Gasteiger partial charge in [-0.3, -0.25) is 9.59 Å². The minimum Gasteiger partial charge on any atom is -0.322 e. The maximum Gasteiger partial charge on any atom is 0.255 e. The normalized spacial score (nSPS) is 10.3. The Hall–Kier alpha value is -3.40. The molecule has 0 atom stereocenters. The molecule has 27 heavy (non-hydrogen) atoms. The van der Waals surface area contributed by atoms with E-state index in [1.807, 2.05) is 63.2 Å². The summed E-state index contributed by atoms with van der Waals surface area (Å²) in [6.07, 6.45) is 0. The van der Waals surface area contributed by atoms with Gasteiger partial charge < -0.3 is 10.6 Å². The molecule has 3 rings (SSSR count). The molecule has 3 aromatic carbocycles. The summed E-state index contributed by atoms with van der Waals surface area (Å²) < 4.78 is 0. The fourth-order valence-corrected chi connectivity index (χ4v) is 3.09. The lowest BCUT2D eigenvalue weighted by Crippen LogP contribution is -2.16. The maximum atomic E-state index is 12.7. The first kappa shape index (κ1) is 18.4. The summed E-state index contributed by atoms with van der Waals surface area (Å²) in [5, 5.41) is 5.80. The molecule has 4 nitrogen and oxygen atoms in total. The van der Waals surface area contributed by atoms with Gasteiger partial charge in [0.15, 0.2) is 0 Å². The van der Waals surface area contributed by atoms with Crippen molar-refractivity contribution >= 4 is 23.2 Å². The Kier molecular flexibility index (Phi) is 5.36. The summed E-state index contributed by atoms with van der Waals surface area (Å²) in [6.45, 7) is 5.97. The van der Waals surface area contributed by atoms with Crippen molar-refractivity contribution in [3.8, 4) is 0 Å². The summed E-state index contributed by atoms with van der Waals surface area (Å²) in [4.78, 5) is 25.1. The zero-order valence-electron chi connectivity index (χ0n) is 15.7. The van der Waals surface area contributed by atoms with E-state index in [9.17, 15) is 9.59 Å². The highest BCUT2D eigenvalue weighted by molar-refractivity contribution is 6.09. The number of para-hydroxylation sites is 1. The first-order chi connectivity index (χ1) is 12.9. The number of benzene rings is 3. The molecule has 0 saturated heterocycles. The highest BCUT2D eigenvalue weighted by Crippen LogP contribution is 2.23. The largest absolute Gasteiger partial charge is 0.322 e. The first-order valence-corrected chi connectivity index (χ1v) is 8.79. The van der Waals surface area contributed by atoms with Gasteiger partial charge in [0.2, 0.25) is 0 Å². The standard InChI is InChI=1S/C23H22N2O2/c1-15-12-16(2)21(17(3)13-15)25-23(27)19-9-7-8-18(14-19)22(26)24-20-10-5-4-6-11-20/h4-14H,1-3H3,(H,24,26)(H,25,27). The summed E-state index contributed by atoms with van der Waals surface area (Å²) in [7, 11) is 0. The van der Waals surface area contributed by atoms with Crippen LogP contribution in [-0.4, -0.2) is 11.8 Å². The van der Waals surface area contributed by atoms with Crippen LogP contribution in [0.4, 0.5) is 11.4 Å². The molecule has 0 heterocycles. The van der Waals surface area contributed by atoms with E-state index in [1.54, 1.807) is 24.3 Å². The van der Waals surface area contributed by atoms with E-state index < -0.39 is 0 Å². The molecule has 2 amide bonds. The third-order valence-corrected chi connectivity index (χ3v) is 4.33. The van der Waals surface area contributed by atoms with Crippen LogP contribution in [0.3, 0.4) is 0 Å². The predicted molar refractivity (Wildman–Crippen MR) is 109 cm³/mol. The summed E-state index contributed by atoms with van der Waals surface area (Å²) in [6, 6.07) is 20.0. The number of carbonyl (C=O) groups excluding carboxylic acids is 2. The molecule has 0 aliphatic heterocycles. The summed E-state index contributed by atoms with van der Waals surface area (Å²) in [5.74, 6) is -0.488. The summed E-state index contributed by atoms with van der Waals surface area (Å²) >= 11 is 0. The lowest BCUT2D eigenvalue weighted by atomic mass is 10.0. The molecule has 0 spiro atoms. The van der Waals surface area contributed by atoms with E-state index in [4.69, 9.17) is 0 Å². The van der Waals surface area contributed by atoms with Crippen LogP contribution >= 0.6 is 0 Å². The second-order valence-electron chi connectivity index (χ2n) is 6.63. The monoisotopic (exact) mass is 358 g/mol. The van der Waals surface area contributed by atoms with Gasteiger partial charge in [-0.2, -0.15) is 0 Å². The highest BCUT2D eigenvalue weighted by atomic mass is 16.2. The molecule has 0 aliphatic rings. The topological polar surface area (TPSA) is 58.2 Å². The van der Waals surface area contributed by atoms with E-state index in [-0.39, 0.29) is 11.8 Å². The Morgan fingerprint density at radius 2 is 1.22 bits per heavy atom. The maximum absolute atomic E-state index is 12.7. The molecular formula is C23H22N2O2. The molecule has 3 aromatic rings. The van der Waals surface area contributed by atoms with Gasteiger partial charge in [-0.05, 0) is 62.2 Å². The molecule has 0 unspecified atom stereocenters. The van der Waals surface area contributed by atoms with E-state index in [2.05, 4.69) is 10.6 Å². The van der Waals surface area contributed by atoms with Crippen LogP contribution < -0.4 is 10.6 Å². The average Bonchev–Trinajstić information content (AvgIpc) is 2.65. The van der Waals surface area contributed by atoms with E-state index in [1.165, 1.54) is 0 Å². The first-order valence-electron chi connectivity index (χ1n) is 8.79. The van der Waals surface area contributed by atoms with Crippen molar-refractivity contribution in [3.05, 3.63) is 94.5 Å². The van der Waals surface area contributed by atoms with Crippen LogP contribution in [-0.2, 0) is 0 Å². The Morgan fingerprint density at radius 3 is 1.81 bits per heavy atom. The van der Waals surface area contributed by atoms with Gasteiger partial charge in [0.1, 0.15) is 0 Å². The smallest absolute Gasteiger partial charge is 0.255 e. The minimum atomic E-state index is -0.251. The van der Waals surface area contributed by atoms with Crippen LogP contribution in [0.15, 0.2) is 66.7 Å². The molecule has 0 bridgehead atoms. The van der Waals surface area contributed by atoms with Crippen LogP contribution in [0.25, 0.3) is 0 Å². The number of nitrogens with one attached hydrogen (secondary N) is 2. The molecule has 4 heteroatoms. The van der Waals surface area contributed by atoms with Gasteiger partial charge in [-0.25, -0.2) is 0 Å².